The summed E-state index contributed by atoms with van der Waals surface area (Å²) in [5.41, 5.74) is 2.29. The van der Waals surface area contributed by atoms with E-state index in [0.717, 1.165) is 17.8 Å². The molecule has 0 aliphatic heterocycles. The van der Waals surface area contributed by atoms with Crippen molar-refractivity contribution in [3.63, 3.8) is 0 Å². The van der Waals surface area contributed by atoms with Crippen LogP contribution >= 0.6 is 11.6 Å². The number of benzene rings is 1. The number of halogens is 1. The quantitative estimate of drug-likeness (QED) is 0.484. The number of aromatic nitrogens is 2. The number of hydrogen-bond acceptors (Lipinski definition) is 3. The van der Waals surface area contributed by atoms with Gasteiger partial charge in [0.15, 0.2) is 5.78 Å². The molecule has 0 saturated carbocycles. The van der Waals surface area contributed by atoms with Gasteiger partial charge in [-0.15, -0.1) is 0 Å². The highest BCUT2D eigenvalue weighted by Gasteiger charge is 2.11. The fraction of sp³-hybridized carbons (Fsp3) is 0.158. The van der Waals surface area contributed by atoms with Crippen molar-refractivity contribution < 1.29 is 9.21 Å². The molecular formula is C19H17ClN2O2. The zero-order valence-corrected chi connectivity index (χ0v) is 14.2. The third-order valence-corrected chi connectivity index (χ3v) is 4.16. The fourth-order valence-electron chi connectivity index (χ4n) is 2.50. The van der Waals surface area contributed by atoms with Gasteiger partial charge in [0.25, 0.3) is 0 Å². The van der Waals surface area contributed by atoms with Crippen molar-refractivity contribution in [2.24, 2.45) is 0 Å². The molecule has 122 valence electrons. The van der Waals surface area contributed by atoms with Gasteiger partial charge in [0.05, 0.1) is 16.8 Å². The molecule has 0 aliphatic carbocycles. The Balaban J connectivity index is 1.79. The van der Waals surface area contributed by atoms with E-state index < -0.39 is 0 Å². The minimum atomic E-state index is -0.0945. The maximum absolute atomic E-state index is 12.3. The maximum atomic E-state index is 12.3. The molecule has 0 fully saturated rings. The third-order valence-electron chi connectivity index (χ3n) is 3.83. The van der Waals surface area contributed by atoms with E-state index in [0.29, 0.717) is 22.1 Å². The first-order valence-corrected chi connectivity index (χ1v) is 8.07. The molecule has 0 unspecified atom stereocenters. The van der Waals surface area contributed by atoms with E-state index in [2.05, 4.69) is 5.10 Å². The smallest absolute Gasteiger partial charge is 0.189 e. The minimum absolute atomic E-state index is 0.0945. The van der Waals surface area contributed by atoms with Gasteiger partial charge in [-0.25, -0.2) is 0 Å². The molecule has 0 saturated heterocycles. The highest BCUT2D eigenvalue weighted by Crippen LogP contribution is 2.29. The Morgan fingerprint density at radius 1 is 1.29 bits per heavy atom. The van der Waals surface area contributed by atoms with Crippen LogP contribution in [0.4, 0.5) is 0 Å². The van der Waals surface area contributed by atoms with Crippen molar-refractivity contribution in [2.45, 2.75) is 20.4 Å². The van der Waals surface area contributed by atoms with Crippen LogP contribution in [0, 0.1) is 6.92 Å². The van der Waals surface area contributed by atoms with Crippen LogP contribution in [0.1, 0.15) is 28.7 Å². The molecule has 0 radical (unpaired) electrons. The molecule has 0 N–H and O–H groups in total. The van der Waals surface area contributed by atoms with E-state index in [1.54, 1.807) is 17.0 Å². The van der Waals surface area contributed by atoms with Crippen LogP contribution in [0.25, 0.3) is 17.4 Å². The standard InChI is InChI=1S/C19H17ClN2O2/c1-3-22-13(2)16(12-21-22)18(23)10-8-14-9-11-19(24-14)15-6-4-5-7-17(15)20/h4-12H,3H2,1-2H3/b10-8+. The van der Waals surface area contributed by atoms with Gasteiger partial charge in [-0.3, -0.25) is 9.48 Å². The van der Waals surface area contributed by atoms with Gasteiger partial charge < -0.3 is 4.42 Å². The molecule has 4 nitrogen and oxygen atoms in total. The Kier molecular flexibility index (Phi) is 4.67. The highest BCUT2D eigenvalue weighted by atomic mass is 35.5. The maximum Gasteiger partial charge on any atom is 0.189 e. The third kappa shape index (κ3) is 3.19. The number of carbonyl (C=O) groups excluding carboxylic acids is 1. The summed E-state index contributed by atoms with van der Waals surface area (Å²) in [4.78, 5) is 12.3. The average molecular weight is 341 g/mol. The van der Waals surface area contributed by atoms with Crippen LogP contribution in [-0.2, 0) is 6.54 Å². The number of allylic oxidation sites excluding steroid dienone is 1. The summed E-state index contributed by atoms with van der Waals surface area (Å²) in [6.07, 6.45) is 4.76. The second-order valence-corrected chi connectivity index (χ2v) is 5.75. The van der Waals surface area contributed by atoms with E-state index in [4.69, 9.17) is 16.0 Å². The van der Waals surface area contributed by atoms with Crippen molar-refractivity contribution in [3.8, 4) is 11.3 Å². The molecule has 2 aromatic heterocycles. The first-order chi connectivity index (χ1) is 11.6. The van der Waals surface area contributed by atoms with Crippen LogP contribution in [0.3, 0.4) is 0 Å². The van der Waals surface area contributed by atoms with Gasteiger partial charge in [0, 0.05) is 17.8 Å². The fourth-order valence-corrected chi connectivity index (χ4v) is 2.73. The first-order valence-electron chi connectivity index (χ1n) is 7.69. The van der Waals surface area contributed by atoms with Crippen LogP contribution in [0.15, 0.2) is 53.1 Å². The van der Waals surface area contributed by atoms with Crippen LogP contribution in [0.5, 0.6) is 0 Å². The zero-order chi connectivity index (χ0) is 17.1. The van der Waals surface area contributed by atoms with Gasteiger partial charge >= 0.3 is 0 Å². The molecule has 3 rings (SSSR count). The summed E-state index contributed by atoms with van der Waals surface area (Å²) in [7, 11) is 0. The molecule has 5 heteroatoms. The van der Waals surface area contributed by atoms with Crippen LogP contribution < -0.4 is 0 Å². The van der Waals surface area contributed by atoms with E-state index in [9.17, 15) is 4.79 Å². The Labute approximate surface area is 145 Å². The average Bonchev–Trinajstić information content (AvgIpc) is 3.19. The lowest BCUT2D eigenvalue weighted by Gasteiger charge is -1.99. The molecule has 0 amide bonds. The molecule has 2 heterocycles. The zero-order valence-electron chi connectivity index (χ0n) is 13.5. The number of ketones is 1. The summed E-state index contributed by atoms with van der Waals surface area (Å²) in [6.45, 7) is 4.62. The molecule has 24 heavy (non-hydrogen) atoms. The lowest BCUT2D eigenvalue weighted by atomic mass is 10.1. The van der Waals surface area contributed by atoms with E-state index in [1.165, 1.54) is 6.08 Å². The number of aryl methyl sites for hydroxylation is 1. The molecular weight excluding hydrogens is 324 g/mol. The number of furan rings is 1. The Hall–Kier alpha value is -2.59. The minimum Gasteiger partial charge on any atom is -0.457 e. The number of hydrogen-bond donors (Lipinski definition) is 0. The summed E-state index contributed by atoms with van der Waals surface area (Å²) in [5, 5.41) is 4.81. The largest absolute Gasteiger partial charge is 0.457 e. The van der Waals surface area contributed by atoms with Crippen LogP contribution in [0.2, 0.25) is 5.02 Å². The predicted molar refractivity (Wildman–Crippen MR) is 95.2 cm³/mol. The molecule has 1 aromatic carbocycles. The lowest BCUT2D eigenvalue weighted by Crippen LogP contribution is -2.01. The second kappa shape index (κ2) is 6.89. The molecule has 0 atom stereocenters. The first kappa shape index (κ1) is 16.3. The van der Waals surface area contributed by atoms with Gasteiger partial charge in [-0.05, 0) is 50.3 Å². The van der Waals surface area contributed by atoms with E-state index in [-0.39, 0.29) is 5.78 Å². The summed E-state index contributed by atoms with van der Waals surface area (Å²) in [6, 6.07) is 11.1. The van der Waals surface area contributed by atoms with Crippen molar-refractivity contribution in [2.75, 3.05) is 0 Å². The monoisotopic (exact) mass is 340 g/mol. The van der Waals surface area contributed by atoms with Crippen molar-refractivity contribution in [1.82, 2.24) is 9.78 Å². The van der Waals surface area contributed by atoms with Crippen molar-refractivity contribution >= 4 is 23.5 Å². The number of carbonyl (C=O) groups is 1. The van der Waals surface area contributed by atoms with E-state index >= 15 is 0 Å². The summed E-state index contributed by atoms with van der Waals surface area (Å²) < 4.78 is 7.54. The van der Waals surface area contributed by atoms with Crippen molar-refractivity contribution in [3.05, 3.63) is 70.7 Å². The number of nitrogens with zero attached hydrogens (tertiary/aromatic N) is 2. The van der Waals surface area contributed by atoms with Gasteiger partial charge in [0.2, 0.25) is 0 Å². The normalized spacial score (nSPS) is 11.3. The topological polar surface area (TPSA) is 48.0 Å². The van der Waals surface area contributed by atoms with Gasteiger partial charge in [-0.2, -0.15) is 5.10 Å². The van der Waals surface area contributed by atoms with Crippen molar-refractivity contribution in [1.29, 1.82) is 0 Å². The highest BCUT2D eigenvalue weighted by molar-refractivity contribution is 6.33. The number of rotatable bonds is 5. The molecule has 3 aromatic rings. The summed E-state index contributed by atoms with van der Waals surface area (Å²) >= 11 is 6.17. The molecule has 0 bridgehead atoms. The van der Waals surface area contributed by atoms with Gasteiger partial charge in [-0.1, -0.05) is 23.7 Å². The Bertz CT molecular complexity index is 906. The summed E-state index contributed by atoms with van der Waals surface area (Å²) in [5.74, 6) is 1.17. The van der Waals surface area contributed by atoms with Gasteiger partial charge in [0.1, 0.15) is 11.5 Å². The second-order valence-electron chi connectivity index (χ2n) is 5.34. The molecule has 0 spiro atoms. The lowest BCUT2D eigenvalue weighted by molar-refractivity contribution is 0.104. The molecule has 0 aliphatic rings. The predicted octanol–water partition coefficient (Wildman–Crippen LogP) is 5.02. The van der Waals surface area contributed by atoms with Crippen LogP contribution in [-0.4, -0.2) is 15.6 Å². The Morgan fingerprint density at radius 3 is 2.79 bits per heavy atom. The SMILES string of the molecule is CCn1ncc(C(=O)/C=C/c2ccc(-c3ccccc3Cl)o2)c1C. The Morgan fingerprint density at radius 2 is 2.08 bits per heavy atom. The van der Waals surface area contributed by atoms with E-state index in [1.807, 2.05) is 50.2 Å².